The van der Waals surface area contributed by atoms with Crippen LogP contribution in [0.5, 0.6) is 0 Å². The minimum atomic E-state index is -1.12. The number of nitrogens with one attached hydrogen (secondary N) is 1. The summed E-state index contributed by atoms with van der Waals surface area (Å²) in [7, 11) is 0. The summed E-state index contributed by atoms with van der Waals surface area (Å²) in [6.07, 6.45) is 0.497. The molecule has 5 N–H and O–H groups in total. The van der Waals surface area contributed by atoms with Gasteiger partial charge in [-0.1, -0.05) is 6.92 Å². The van der Waals surface area contributed by atoms with E-state index in [-0.39, 0.29) is 24.8 Å². The van der Waals surface area contributed by atoms with Crippen LogP contribution in [-0.2, 0) is 0 Å². The Hall–Kier alpha value is 0.1000. The average Bonchev–Trinajstić information content (AvgIpc) is 1.68. The molecular formula is C3H12Cl2N4. The summed E-state index contributed by atoms with van der Waals surface area (Å²) in [5, 5.41) is 2.94. The molecule has 0 amide bonds. The zero-order valence-corrected chi connectivity index (χ0v) is 6.76. The molecule has 6 heteroatoms. The fraction of sp³-hybridized carbons (Fsp3) is 1.00. The third kappa shape index (κ3) is 8.10. The van der Waals surface area contributed by atoms with E-state index in [0.29, 0.717) is 6.42 Å². The molecule has 4 nitrogen and oxygen atoms in total. The van der Waals surface area contributed by atoms with Gasteiger partial charge in [0.15, 0.2) is 5.79 Å². The molecular weight excluding hydrogens is 163 g/mol. The van der Waals surface area contributed by atoms with Gasteiger partial charge in [0.1, 0.15) is 0 Å². The maximum atomic E-state index is 6.38. The van der Waals surface area contributed by atoms with Crippen molar-refractivity contribution >= 4 is 24.8 Å². The van der Waals surface area contributed by atoms with Crippen LogP contribution in [0, 0.1) is 5.53 Å². The fourth-order valence-electron chi connectivity index (χ4n) is 0.0791. The largest absolute Gasteiger partial charge is 0.293 e. The average molecular weight is 175 g/mol. The minimum Gasteiger partial charge on any atom is -0.293 e. The van der Waals surface area contributed by atoms with Gasteiger partial charge in [0.05, 0.1) is 0 Å². The van der Waals surface area contributed by atoms with Crippen LogP contribution in [0.1, 0.15) is 13.3 Å². The Morgan fingerprint density at radius 2 is 1.78 bits per heavy atom. The van der Waals surface area contributed by atoms with Gasteiger partial charge in [0.25, 0.3) is 0 Å². The summed E-state index contributed by atoms with van der Waals surface area (Å²) in [6.45, 7) is 1.78. The molecule has 0 spiro atoms. The van der Waals surface area contributed by atoms with Gasteiger partial charge in [-0.2, -0.15) is 5.11 Å². The van der Waals surface area contributed by atoms with Crippen LogP contribution >= 0.6 is 24.8 Å². The first kappa shape index (κ1) is 16.0. The van der Waals surface area contributed by atoms with E-state index in [9.17, 15) is 0 Å². The number of nitrogens with two attached hydrogens (primary N) is 2. The standard InChI is InChI=1S/C3H10N4.2ClH/c1-2-3(4,5)7-6;;/h6H,2,4-5H2,1H3;2*1H. The van der Waals surface area contributed by atoms with Crippen LogP contribution in [0.4, 0.5) is 0 Å². The first-order chi connectivity index (χ1) is 3.12. The van der Waals surface area contributed by atoms with Crippen molar-refractivity contribution in [1.29, 1.82) is 5.53 Å². The van der Waals surface area contributed by atoms with E-state index in [1.54, 1.807) is 6.92 Å². The molecule has 0 saturated heterocycles. The lowest BCUT2D eigenvalue weighted by atomic mass is 10.3. The summed E-state index contributed by atoms with van der Waals surface area (Å²) in [6, 6.07) is 0. The topological polar surface area (TPSA) is 88.2 Å². The van der Waals surface area contributed by atoms with Gasteiger partial charge in [-0.25, -0.2) is 5.53 Å². The SMILES string of the molecule is CCC(N)(N)N=N.Cl.Cl. The predicted octanol–water partition coefficient (Wildman–Crippen LogP) is 0.842. The number of hydrogen-bond donors (Lipinski definition) is 3. The molecule has 0 aromatic carbocycles. The molecule has 58 valence electrons. The van der Waals surface area contributed by atoms with Crippen LogP contribution in [0.2, 0.25) is 0 Å². The number of nitrogens with zero attached hydrogens (tertiary/aromatic N) is 1. The molecule has 0 heterocycles. The van der Waals surface area contributed by atoms with Gasteiger partial charge in [0, 0.05) is 0 Å². The molecule has 0 bridgehead atoms. The molecule has 0 aromatic rings. The molecule has 0 aliphatic rings. The van der Waals surface area contributed by atoms with Crippen molar-refractivity contribution in [3.05, 3.63) is 0 Å². The second-order valence-electron chi connectivity index (χ2n) is 1.46. The van der Waals surface area contributed by atoms with E-state index in [2.05, 4.69) is 5.11 Å². The first-order valence-electron chi connectivity index (χ1n) is 2.09. The Balaban J connectivity index is -0.000000180. The van der Waals surface area contributed by atoms with Gasteiger partial charge in [0.2, 0.25) is 0 Å². The Morgan fingerprint density at radius 3 is 1.78 bits per heavy atom. The number of rotatable bonds is 2. The van der Waals surface area contributed by atoms with Crippen molar-refractivity contribution < 1.29 is 0 Å². The van der Waals surface area contributed by atoms with Crippen LogP contribution in [0.15, 0.2) is 5.11 Å². The molecule has 9 heavy (non-hydrogen) atoms. The highest BCUT2D eigenvalue weighted by Crippen LogP contribution is 1.95. The van der Waals surface area contributed by atoms with Gasteiger partial charge < -0.3 is 0 Å². The van der Waals surface area contributed by atoms with Crippen molar-refractivity contribution in [2.24, 2.45) is 16.6 Å². The van der Waals surface area contributed by atoms with Crippen LogP contribution in [-0.4, -0.2) is 5.79 Å². The molecule has 0 fully saturated rings. The van der Waals surface area contributed by atoms with Gasteiger partial charge >= 0.3 is 0 Å². The van der Waals surface area contributed by atoms with Crippen LogP contribution in [0.25, 0.3) is 0 Å². The molecule has 0 radical (unpaired) electrons. The highest BCUT2D eigenvalue weighted by molar-refractivity contribution is 5.85. The van der Waals surface area contributed by atoms with Gasteiger partial charge in [-0.3, -0.25) is 11.5 Å². The van der Waals surface area contributed by atoms with Gasteiger partial charge in [-0.15, -0.1) is 24.8 Å². The monoisotopic (exact) mass is 174 g/mol. The quantitative estimate of drug-likeness (QED) is 0.428. The Labute approximate surface area is 66.7 Å². The summed E-state index contributed by atoms with van der Waals surface area (Å²) in [5.41, 5.74) is 16.7. The maximum absolute atomic E-state index is 6.38. The number of hydrogen-bond acceptors (Lipinski definition) is 4. The predicted molar refractivity (Wildman–Crippen MR) is 41.0 cm³/mol. The highest BCUT2D eigenvalue weighted by atomic mass is 35.5. The third-order valence-corrected chi connectivity index (χ3v) is 0.775. The Morgan fingerprint density at radius 1 is 1.44 bits per heavy atom. The lowest BCUT2D eigenvalue weighted by Gasteiger charge is -2.12. The van der Waals surface area contributed by atoms with Crippen LogP contribution in [0.3, 0.4) is 0 Å². The lowest BCUT2D eigenvalue weighted by molar-refractivity contribution is 0.417. The smallest absolute Gasteiger partial charge is 0.179 e. The van der Waals surface area contributed by atoms with Crippen molar-refractivity contribution in [2.75, 3.05) is 0 Å². The first-order valence-corrected chi connectivity index (χ1v) is 2.09. The Bertz CT molecular complexity index is 74.2. The molecule has 0 aromatic heterocycles. The summed E-state index contributed by atoms with van der Waals surface area (Å²) < 4.78 is 0. The highest BCUT2D eigenvalue weighted by Gasteiger charge is 2.11. The fourth-order valence-corrected chi connectivity index (χ4v) is 0.0791. The van der Waals surface area contributed by atoms with E-state index in [0.717, 1.165) is 0 Å². The zero-order valence-electron chi connectivity index (χ0n) is 5.13. The summed E-state index contributed by atoms with van der Waals surface area (Å²) >= 11 is 0. The lowest BCUT2D eigenvalue weighted by Crippen LogP contribution is -2.46. The maximum Gasteiger partial charge on any atom is 0.179 e. The van der Waals surface area contributed by atoms with Crippen LogP contribution < -0.4 is 11.5 Å². The van der Waals surface area contributed by atoms with E-state index >= 15 is 0 Å². The van der Waals surface area contributed by atoms with E-state index in [1.165, 1.54) is 0 Å². The van der Waals surface area contributed by atoms with E-state index in [1.807, 2.05) is 0 Å². The molecule has 0 unspecified atom stereocenters. The second kappa shape index (κ2) is 6.22. The zero-order chi connectivity index (χ0) is 5.91. The molecule has 0 saturated carbocycles. The van der Waals surface area contributed by atoms with Gasteiger partial charge in [-0.05, 0) is 6.42 Å². The molecule has 0 rings (SSSR count). The van der Waals surface area contributed by atoms with E-state index < -0.39 is 5.79 Å². The van der Waals surface area contributed by atoms with Crippen molar-refractivity contribution in [2.45, 2.75) is 19.1 Å². The normalized spacial score (nSPS) is 8.78. The molecule has 0 aliphatic heterocycles. The van der Waals surface area contributed by atoms with Crippen molar-refractivity contribution in [3.8, 4) is 0 Å². The second-order valence-corrected chi connectivity index (χ2v) is 1.46. The summed E-state index contributed by atoms with van der Waals surface area (Å²) in [4.78, 5) is 0. The number of halogens is 2. The summed E-state index contributed by atoms with van der Waals surface area (Å²) in [5.74, 6) is -1.12. The van der Waals surface area contributed by atoms with E-state index in [4.69, 9.17) is 17.0 Å². The third-order valence-electron chi connectivity index (χ3n) is 0.775. The molecule has 0 atom stereocenters. The van der Waals surface area contributed by atoms with Crippen molar-refractivity contribution in [1.82, 2.24) is 0 Å². The van der Waals surface area contributed by atoms with Crippen molar-refractivity contribution in [3.63, 3.8) is 0 Å². The molecule has 0 aliphatic carbocycles. The minimum absolute atomic E-state index is 0. The Kier molecular flexibility index (Phi) is 11.1.